The zero-order valence-electron chi connectivity index (χ0n) is 12.9. The maximum Gasteiger partial charge on any atom is 0.335 e. The maximum absolute atomic E-state index is 10.8. The third kappa shape index (κ3) is 3.49. The van der Waals surface area contributed by atoms with Gasteiger partial charge in [0.15, 0.2) is 0 Å². The zero-order valence-corrected chi connectivity index (χ0v) is 12.9. The van der Waals surface area contributed by atoms with Gasteiger partial charge in [0.2, 0.25) is 0 Å². The fourth-order valence-corrected chi connectivity index (χ4v) is 2.44. The number of aromatic carboxylic acids is 1. The fourth-order valence-electron chi connectivity index (χ4n) is 2.44. The molecule has 2 aromatic rings. The Balaban J connectivity index is 2.08. The second-order valence-electron chi connectivity index (χ2n) is 5.44. The van der Waals surface area contributed by atoms with Crippen LogP contribution in [0.25, 0.3) is 0 Å². The van der Waals surface area contributed by atoms with Crippen molar-refractivity contribution in [2.24, 2.45) is 7.05 Å². The lowest BCUT2D eigenvalue weighted by molar-refractivity contribution is 0.0697. The summed E-state index contributed by atoms with van der Waals surface area (Å²) in [5.41, 5.74) is 3.66. The summed E-state index contributed by atoms with van der Waals surface area (Å²) in [7, 11) is 3.98. The van der Waals surface area contributed by atoms with Gasteiger partial charge in [-0.05, 0) is 38.6 Å². The molecule has 0 amide bonds. The molecule has 0 bridgehead atoms. The number of hydrogen-bond acceptors (Lipinski definition) is 3. The molecule has 0 radical (unpaired) electrons. The van der Waals surface area contributed by atoms with Crippen LogP contribution in [0.15, 0.2) is 30.5 Å². The molecular weight excluding hydrogens is 266 g/mol. The Labute approximate surface area is 124 Å². The zero-order chi connectivity index (χ0) is 15.6. The lowest BCUT2D eigenvalue weighted by Gasteiger charge is -2.24. The lowest BCUT2D eigenvalue weighted by Crippen LogP contribution is -2.22. The SMILES string of the molecule is Cc1nn(C)cc1C(C)N(C)Cc1ccc(C(=O)O)cc1. The van der Waals surface area contributed by atoms with Gasteiger partial charge in [-0.2, -0.15) is 5.10 Å². The number of aryl methyl sites for hydroxylation is 2. The van der Waals surface area contributed by atoms with Crippen LogP contribution in [0.1, 0.15) is 40.1 Å². The number of carboxylic acids is 1. The number of aromatic nitrogens is 2. The largest absolute Gasteiger partial charge is 0.478 e. The summed E-state index contributed by atoms with van der Waals surface area (Å²) in [6, 6.07) is 7.26. The average Bonchev–Trinajstić information content (AvgIpc) is 2.77. The fraction of sp³-hybridized carbons (Fsp3) is 0.375. The summed E-state index contributed by atoms with van der Waals surface area (Å²) >= 11 is 0. The van der Waals surface area contributed by atoms with E-state index in [1.54, 1.807) is 12.1 Å². The standard InChI is InChI=1S/C16H21N3O2/c1-11-15(10-19(4)17-11)12(2)18(3)9-13-5-7-14(8-6-13)16(20)21/h5-8,10,12H,9H2,1-4H3,(H,20,21). The molecule has 1 N–H and O–H groups in total. The minimum atomic E-state index is -0.894. The molecule has 1 heterocycles. The topological polar surface area (TPSA) is 58.4 Å². The molecule has 0 aliphatic heterocycles. The molecule has 0 saturated carbocycles. The normalized spacial score (nSPS) is 12.6. The number of carboxylic acid groups (broad SMARTS) is 1. The van der Waals surface area contributed by atoms with Gasteiger partial charge in [0, 0.05) is 31.4 Å². The number of carbonyl (C=O) groups is 1. The maximum atomic E-state index is 10.8. The first kappa shape index (κ1) is 15.3. The molecule has 5 heteroatoms. The highest BCUT2D eigenvalue weighted by Crippen LogP contribution is 2.23. The van der Waals surface area contributed by atoms with E-state index in [-0.39, 0.29) is 6.04 Å². The van der Waals surface area contributed by atoms with Gasteiger partial charge in [-0.3, -0.25) is 9.58 Å². The van der Waals surface area contributed by atoms with E-state index in [2.05, 4.69) is 24.0 Å². The summed E-state index contributed by atoms with van der Waals surface area (Å²) < 4.78 is 1.83. The van der Waals surface area contributed by atoms with E-state index in [4.69, 9.17) is 5.11 Å². The molecule has 0 aliphatic carbocycles. The van der Waals surface area contributed by atoms with Crippen molar-refractivity contribution in [1.82, 2.24) is 14.7 Å². The third-order valence-electron chi connectivity index (χ3n) is 3.80. The first-order chi connectivity index (χ1) is 9.88. The van der Waals surface area contributed by atoms with Crippen LogP contribution in [0.4, 0.5) is 0 Å². The Bertz CT molecular complexity index is 631. The first-order valence-corrected chi connectivity index (χ1v) is 6.91. The molecule has 1 aromatic heterocycles. The van der Waals surface area contributed by atoms with Crippen molar-refractivity contribution < 1.29 is 9.90 Å². The Kier molecular flexibility index (Phi) is 4.43. The van der Waals surface area contributed by atoms with E-state index >= 15 is 0 Å². The Morgan fingerprint density at radius 2 is 2.00 bits per heavy atom. The third-order valence-corrected chi connectivity index (χ3v) is 3.80. The Hall–Kier alpha value is -2.14. The van der Waals surface area contributed by atoms with Crippen molar-refractivity contribution in [2.75, 3.05) is 7.05 Å². The number of hydrogen-bond donors (Lipinski definition) is 1. The van der Waals surface area contributed by atoms with E-state index in [9.17, 15) is 4.79 Å². The van der Waals surface area contributed by atoms with Crippen molar-refractivity contribution in [1.29, 1.82) is 0 Å². The second kappa shape index (κ2) is 6.10. The smallest absolute Gasteiger partial charge is 0.335 e. The average molecular weight is 287 g/mol. The molecular formula is C16H21N3O2. The summed E-state index contributed by atoms with van der Waals surface area (Å²) in [5.74, 6) is -0.894. The predicted molar refractivity (Wildman–Crippen MR) is 81.2 cm³/mol. The van der Waals surface area contributed by atoms with Gasteiger partial charge in [0.25, 0.3) is 0 Å². The van der Waals surface area contributed by atoms with Crippen LogP contribution < -0.4 is 0 Å². The van der Waals surface area contributed by atoms with Crippen LogP contribution in [-0.2, 0) is 13.6 Å². The van der Waals surface area contributed by atoms with Gasteiger partial charge >= 0.3 is 5.97 Å². The summed E-state index contributed by atoms with van der Waals surface area (Å²) in [6.45, 7) is 4.92. The summed E-state index contributed by atoms with van der Waals surface area (Å²) in [6.07, 6.45) is 2.05. The van der Waals surface area contributed by atoms with Gasteiger partial charge in [0.05, 0.1) is 11.3 Å². The molecule has 0 spiro atoms. The Morgan fingerprint density at radius 1 is 1.38 bits per heavy atom. The molecule has 1 aromatic carbocycles. The van der Waals surface area contributed by atoms with Crippen molar-refractivity contribution >= 4 is 5.97 Å². The predicted octanol–water partition coefficient (Wildman–Crippen LogP) is 2.62. The lowest BCUT2D eigenvalue weighted by atomic mass is 10.1. The first-order valence-electron chi connectivity index (χ1n) is 6.91. The molecule has 0 fully saturated rings. The van der Waals surface area contributed by atoms with Gasteiger partial charge in [-0.25, -0.2) is 4.79 Å². The van der Waals surface area contributed by atoms with Crippen LogP contribution in [-0.4, -0.2) is 32.8 Å². The number of benzene rings is 1. The van der Waals surface area contributed by atoms with Gasteiger partial charge in [0.1, 0.15) is 0 Å². The van der Waals surface area contributed by atoms with E-state index in [1.807, 2.05) is 37.0 Å². The highest BCUT2D eigenvalue weighted by atomic mass is 16.4. The van der Waals surface area contributed by atoms with E-state index < -0.39 is 5.97 Å². The monoisotopic (exact) mass is 287 g/mol. The molecule has 2 rings (SSSR count). The van der Waals surface area contributed by atoms with Crippen LogP contribution >= 0.6 is 0 Å². The summed E-state index contributed by atoms with van der Waals surface area (Å²) in [4.78, 5) is 13.1. The van der Waals surface area contributed by atoms with E-state index in [1.165, 1.54) is 5.56 Å². The van der Waals surface area contributed by atoms with Gasteiger partial charge < -0.3 is 5.11 Å². The quantitative estimate of drug-likeness (QED) is 0.918. The van der Waals surface area contributed by atoms with Crippen LogP contribution in [0, 0.1) is 6.92 Å². The molecule has 0 saturated heterocycles. The van der Waals surface area contributed by atoms with Crippen molar-refractivity contribution in [2.45, 2.75) is 26.4 Å². The van der Waals surface area contributed by atoms with Gasteiger partial charge in [-0.15, -0.1) is 0 Å². The van der Waals surface area contributed by atoms with Crippen LogP contribution in [0.5, 0.6) is 0 Å². The van der Waals surface area contributed by atoms with Crippen LogP contribution in [0.3, 0.4) is 0 Å². The van der Waals surface area contributed by atoms with E-state index in [0.717, 1.165) is 17.8 Å². The molecule has 112 valence electrons. The Morgan fingerprint density at radius 3 is 2.48 bits per heavy atom. The molecule has 5 nitrogen and oxygen atoms in total. The molecule has 21 heavy (non-hydrogen) atoms. The van der Waals surface area contributed by atoms with Crippen molar-refractivity contribution in [3.8, 4) is 0 Å². The number of nitrogens with zero attached hydrogens (tertiary/aromatic N) is 3. The highest BCUT2D eigenvalue weighted by molar-refractivity contribution is 5.87. The minimum Gasteiger partial charge on any atom is -0.478 e. The molecule has 0 aliphatic rings. The number of rotatable bonds is 5. The van der Waals surface area contributed by atoms with E-state index in [0.29, 0.717) is 5.56 Å². The summed E-state index contributed by atoms with van der Waals surface area (Å²) in [5, 5.41) is 13.3. The van der Waals surface area contributed by atoms with Crippen molar-refractivity contribution in [3.63, 3.8) is 0 Å². The highest BCUT2D eigenvalue weighted by Gasteiger charge is 2.16. The molecule has 1 unspecified atom stereocenters. The van der Waals surface area contributed by atoms with Gasteiger partial charge in [-0.1, -0.05) is 12.1 Å². The van der Waals surface area contributed by atoms with Crippen molar-refractivity contribution in [3.05, 3.63) is 52.8 Å². The van der Waals surface area contributed by atoms with Crippen LogP contribution in [0.2, 0.25) is 0 Å². The second-order valence-corrected chi connectivity index (χ2v) is 5.44. The molecule has 1 atom stereocenters. The minimum absolute atomic E-state index is 0.248.